The van der Waals surface area contributed by atoms with Gasteiger partial charge in [0.05, 0.1) is 17.4 Å². The lowest BCUT2D eigenvalue weighted by Gasteiger charge is -2.69. The van der Waals surface area contributed by atoms with Crippen molar-refractivity contribution in [1.82, 2.24) is 0 Å². The van der Waals surface area contributed by atoms with Crippen molar-refractivity contribution in [2.45, 2.75) is 75.5 Å². The lowest BCUT2D eigenvalue weighted by molar-refractivity contribution is -0.158. The molecule has 6 heteroatoms. The number of aliphatic imine (C=N–C) groups is 1. The van der Waals surface area contributed by atoms with Crippen LogP contribution in [-0.2, 0) is 19.1 Å². The normalized spacial score (nSPS) is 51.2. The third-order valence-electron chi connectivity index (χ3n) is 8.93. The fourth-order valence-corrected chi connectivity index (χ4v) is 9.17. The van der Waals surface area contributed by atoms with Gasteiger partial charge in [-0.1, -0.05) is 25.6 Å². The highest BCUT2D eigenvalue weighted by Crippen LogP contribution is 2.73. The van der Waals surface area contributed by atoms with Gasteiger partial charge in [0, 0.05) is 36.5 Å². The number of hydrogen-bond donors (Lipinski definition) is 0. The standard InChI is InChI=1S/C21H27NO4S/c1-18-11-16(25)21-14(13(18)4-5-15(18)24)7-9-20(22-17(26-3)27-21)10-12(23)6-8-19(20,21)2/h13-14H,4-11H2,1-3H3. The summed E-state index contributed by atoms with van der Waals surface area (Å²) < 4.78 is 4.97. The molecule has 146 valence electrons. The van der Waals surface area contributed by atoms with Crippen LogP contribution in [0.25, 0.3) is 0 Å². The first kappa shape index (κ1) is 17.9. The lowest BCUT2D eigenvalue weighted by Crippen LogP contribution is -2.75. The van der Waals surface area contributed by atoms with Crippen LogP contribution in [-0.4, -0.2) is 40.0 Å². The SMILES string of the molecule is COC1=NC23CCC4C5CCC(=O)C5(C)CC(=O)C4(S1)C2(C)CCC(=O)C3. The van der Waals surface area contributed by atoms with Gasteiger partial charge in [-0.25, -0.2) is 4.99 Å². The molecule has 4 aliphatic carbocycles. The van der Waals surface area contributed by atoms with E-state index in [9.17, 15) is 14.4 Å². The number of fused-ring (bicyclic) bond motifs is 2. The Kier molecular flexibility index (Phi) is 3.48. The largest absolute Gasteiger partial charge is 0.476 e. The average molecular weight is 390 g/mol. The van der Waals surface area contributed by atoms with Gasteiger partial charge in [0.1, 0.15) is 11.6 Å². The van der Waals surface area contributed by atoms with Crippen LogP contribution in [0.4, 0.5) is 0 Å². The minimum Gasteiger partial charge on any atom is -0.476 e. The predicted octanol–water partition coefficient (Wildman–Crippen LogP) is 3.34. The summed E-state index contributed by atoms with van der Waals surface area (Å²) in [6.45, 7) is 4.22. The van der Waals surface area contributed by atoms with E-state index in [2.05, 4.69) is 6.92 Å². The van der Waals surface area contributed by atoms with Gasteiger partial charge < -0.3 is 4.74 Å². The maximum Gasteiger partial charge on any atom is 0.247 e. The number of Topliss-reactive ketones (excluding diaryl/α,β-unsaturated/α-hetero) is 3. The van der Waals surface area contributed by atoms with Gasteiger partial charge in [-0.05, 0) is 37.5 Å². The van der Waals surface area contributed by atoms with Crippen molar-refractivity contribution >= 4 is 34.3 Å². The molecule has 5 aliphatic rings. The van der Waals surface area contributed by atoms with E-state index in [0.717, 1.165) is 19.3 Å². The molecule has 4 saturated carbocycles. The molecular formula is C21H27NO4S. The summed E-state index contributed by atoms with van der Waals surface area (Å²) in [6, 6.07) is 0. The number of nitrogens with zero attached hydrogens (tertiary/aromatic N) is 1. The molecule has 0 amide bonds. The Balaban J connectivity index is 1.73. The van der Waals surface area contributed by atoms with Crippen LogP contribution < -0.4 is 0 Å². The molecule has 1 heterocycles. The molecule has 0 aromatic heterocycles. The highest BCUT2D eigenvalue weighted by atomic mass is 32.2. The number of thioether (sulfide) groups is 1. The van der Waals surface area contributed by atoms with Crippen molar-refractivity contribution in [3.63, 3.8) is 0 Å². The first-order valence-corrected chi connectivity index (χ1v) is 11.0. The van der Waals surface area contributed by atoms with Crippen molar-refractivity contribution in [3.8, 4) is 0 Å². The molecule has 6 unspecified atom stereocenters. The van der Waals surface area contributed by atoms with Crippen LogP contribution in [0.2, 0.25) is 0 Å². The first-order valence-electron chi connectivity index (χ1n) is 10.1. The molecular weight excluding hydrogens is 362 g/mol. The van der Waals surface area contributed by atoms with Crippen molar-refractivity contribution in [2.75, 3.05) is 7.11 Å². The summed E-state index contributed by atoms with van der Waals surface area (Å²) in [6.07, 6.45) is 5.14. The minimum atomic E-state index is -0.617. The van der Waals surface area contributed by atoms with Crippen molar-refractivity contribution < 1.29 is 19.1 Å². The summed E-state index contributed by atoms with van der Waals surface area (Å²) in [4.78, 5) is 44.0. The van der Waals surface area contributed by atoms with E-state index in [1.165, 1.54) is 11.8 Å². The summed E-state index contributed by atoms with van der Waals surface area (Å²) in [7, 11) is 1.60. The Morgan fingerprint density at radius 2 is 1.78 bits per heavy atom. The molecule has 5 rings (SSSR count). The summed E-state index contributed by atoms with van der Waals surface area (Å²) in [5.74, 6) is 1.11. The van der Waals surface area contributed by atoms with E-state index in [0.29, 0.717) is 37.3 Å². The summed E-state index contributed by atoms with van der Waals surface area (Å²) >= 11 is 1.51. The van der Waals surface area contributed by atoms with E-state index in [4.69, 9.17) is 9.73 Å². The zero-order chi connectivity index (χ0) is 19.2. The molecule has 0 N–H and O–H groups in total. The smallest absolute Gasteiger partial charge is 0.247 e. The van der Waals surface area contributed by atoms with E-state index in [1.54, 1.807) is 7.11 Å². The van der Waals surface area contributed by atoms with Gasteiger partial charge in [0.25, 0.3) is 0 Å². The third kappa shape index (κ3) is 1.84. The maximum absolute atomic E-state index is 13.9. The number of rotatable bonds is 0. The fraction of sp³-hybridized carbons (Fsp3) is 0.810. The van der Waals surface area contributed by atoms with Crippen LogP contribution in [0.5, 0.6) is 0 Å². The maximum atomic E-state index is 13.9. The van der Waals surface area contributed by atoms with E-state index in [1.807, 2.05) is 6.92 Å². The molecule has 4 fully saturated rings. The van der Waals surface area contributed by atoms with Crippen LogP contribution >= 0.6 is 11.8 Å². The molecule has 0 radical (unpaired) electrons. The number of carbonyl (C=O) groups is 3. The third-order valence-corrected chi connectivity index (χ3v) is 10.7. The van der Waals surface area contributed by atoms with Crippen molar-refractivity contribution in [3.05, 3.63) is 0 Å². The summed E-state index contributed by atoms with van der Waals surface area (Å²) in [5.41, 5.74) is -1.38. The average Bonchev–Trinajstić information content (AvgIpc) is 2.89. The summed E-state index contributed by atoms with van der Waals surface area (Å²) in [5, 5.41) is 0.549. The Morgan fingerprint density at radius 1 is 1.00 bits per heavy atom. The molecule has 2 bridgehead atoms. The molecule has 27 heavy (non-hydrogen) atoms. The van der Waals surface area contributed by atoms with E-state index >= 15 is 0 Å². The van der Waals surface area contributed by atoms with Crippen LogP contribution in [0.3, 0.4) is 0 Å². The van der Waals surface area contributed by atoms with Gasteiger partial charge >= 0.3 is 0 Å². The van der Waals surface area contributed by atoms with Crippen LogP contribution in [0, 0.1) is 22.7 Å². The number of carbonyl (C=O) groups excluding carboxylic acids is 3. The molecule has 0 saturated heterocycles. The Bertz CT molecular complexity index is 808. The quantitative estimate of drug-likeness (QED) is 0.635. The first-order chi connectivity index (χ1) is 12.7. The zero-order valence-corrected chi connectivity index (χ0v) is 17.1. The van der Waals surface area contributed by atoms with Gasteiger partial charge in [-0.3, -0.25) is 14.4 Å². The van der Waals surface area contributed by atoms with Gasteiger partial charge in [0.2, 0.25) is 5.23 Å². The highest BCUT2D eigenvalue weighted by molar-refractivity contribution is 8.15. The molecule has 0 aromatic carbocycles. The molecule has 5 nitrogen and oxygen atoms in total. The number of ketones is 3. The fourth-order valence-electron chi connectivity index (χ4n) is 7.46. The monoisotopic (exact) mass is 389 g/mol. The second-order valence-corrected chi connectivity index (χ2v) is 10.9. The molecule has 6 atom stereocenters. The second-order valence-electron chi connectivity index (χ2n) is 9.73. The molecule has 1 aliphatic heterocycles. The highest BCUT2D eigenvalue weighted by Gasteiger charge is 2.77. The Morgan fingerprint density at radius 3 is 2.52 bits per heavy atom. The molecule has 1 spiro atoms. The number of hydrogen-bond acceptors (Lipinski definition) is 6. The van der Waals surface area contributed by atoms with E-state index < -0.39 is 15.7 Å². The van der Waals surface area contributed by atoms with Gasteiger partial charge in [-0.2, -0.15) is 0 Å². The zero-order valence-electron chi connectivity index (χ0n) is 16.3. The van der Waals surface area contributed by atoms with Crippen LogP contribution in [0.1, 0.15) is 65.2 Å². The lowest BCUT2D eigenvalue weighted by atomic mass is 9.42. The van der Waals surface area contributed by atoms with Crippen molar-refractivity contribution in [2.24, 2.45) is 27.7 Å². The van der Waals surface area contributed by atoms with Crippen LogP contribution in [0.15, 0.2) is 4.99 Å². The predicted molar refractivity (Wildman–Crippen MR) is 103 cm³/mol. The topological polar surface area (TPSA) is 72.8 Å². The molecule has 0 aromatic rings. The van der Waals surface area contributed by atoms with Crippen molar-refractivity contribution in [1.29, 1.82) is 0 Å². The van der Waals surface area contributed by atoms with E-state index in [-0.39, 0.29) is 34.6 Å². The Labute approximate surface area is 164 Å². The second kappa shape index (κ2) is 5.25. The Hall–Kier alpha value is -1.17. The number of ether oxygens (including phenoxy) is 1. The van der Waals surface area contributed by atoms with Gasteiger partial charge in [0.15, 0.2) is 5.78 Å². The van der Waals surface area contributed by atoms with Gasteiger partial charge in [-0.15, -0.1) is 0 Å². The number of methoxy groups -OCH3 is 1. The minimum absolute atomic E-state index is 0.159.